The molecule has 0 aliphatic heterocycles. The summed E-state index contributed by atoms with van der Waals surface area (Å²) in [5.41, 5.74) is 4.36. The molecule has 3 nitrogen and oxygen atoms in total. The summed E-state index contributed by atoms with van der Waals surface area (Å²) in [5.74, 6) is 0.539. The van der Waals surface area contributed by atoms with Crippen LogP contribution in [0.15, 0.2) is 36.4 Å². The molecule has 120 valence electrons. The highest BCUT2D eigenvalue weighted by atomic mass is 16.7. The highest BCUT2D eigenvalue weighted by molar-refractivity contribution is 6.08. The third-order valence-electron chi connectivity index (χ3n) is 4.32. The van der Waals surface area contributed by atoms with Gasteiger partial charge in [0.15, 0.2) is 0 Å². The second-order valence-corrected chi connectivity index (χ2v) is 6.74. The van der Waals surface area contributed by atoms with Crippen molar-refractivity contribution in [2.75, 3.05) is 0 Å². The first-order valence-electron chi connectivity index (χ1n) is 8.15. The average molecular weight is 309 g/mol. The van der Waals surface area contributed by atoms with Crippen LogP contribution in [0.1, 0.15) is 57.6 Å². The Kier molecular flexibility index (Phi) is 3.88. The number of rotatable bonds is 3. The molecule has 0 aliphatic carbocycles. The number of hydrogen-bond donors (Lipinski definition) is 0. The van der Waals surface area contributed by atoms with E-state index < -0.39 is 0 Å². The monoisotopic (exact) mass is 309 g/mol. The van der Waals surface area contributed by atoms with Crippen LogP contribution in [0.3, 0.4) is 0 Å². The Bertz CT molecular complexity index is 822. The standard InChI is InChI=1S/C20H23NO2/c1-12(2)15-6-8-17-18-9-7-16(13(3)4)11-20(18)21(19(17)10-15)23-14(5)22/h6-13H,1-5H3. The SMILES string of the molecule is CC(=O)On1c2cc(C(C)C)ccc2c2ccc(C(C)C)cc21. The fraction of sp³-hybridized carbons (Fsp3) is 0.350. The molecule has 0 saturated heterocycles. The van der Waals surface area contributed by atoms with Crippen molar-refractivity contribution in [3.05, 3.63) is 47.5 Å². The molecule has 0 amide bonds. The van der Waals surface area contributed by atoms with Crippen molar-refractivity contribution >= 4 is 27.8 Å². The number of aromatic nitrogens is 1. The molecule has 0 unspecified atom stereocenters. The van der Waals surface area contributed by atoms with E-state index in [1.165, 1.54) is 18.1 Å². The molecule has 0 radical (unpaired) electrons. The summed E-state index contributed by atoms with van der Waals surface area (Å²) in [5, 5.41) is 2.22. The van der Waals surface area contributed by atoms with E-state index in [2.05, 4.69) is 64.1 Å². The molecule has 0 saturated carbocycles. The molecule has 0 fully saturated rings. The number of benzene rings is 2. The minimum absolute atomic E-state index is 0.311. The summed E-state index contributed by atoms with van der Waals surface area (Å²) >= 11 is 0. The summed E-state index contributed by atoms with van der Waals surface area (Å²) in [6.45, 7) is 10.1. The van der Waals surface area contributed by atoms with Gasteiger partial charge in [0.05, 0.1) is 11.0 Å². The van der Waals surface area contributed by atoms with Crippen molar-refractivity contribution in [1.29, 1.82) is 0 Å². The molecule has 23 heavy (non-hydrogen) atoms. The van der Waals surface area contributed by atoms with E-state index in [9.17, 15) is 4.79 Å². The Hall–Kier alpha value is -2.29. The lowest BCUT2D eigenvalue weighted by Crippen LogP contribution is -2.16. The van der Waals surface area contributed by atoms with E-state index in [0.29, 0.717) is 11.8 Å². The molecule has 0 atom stereocenters. The first kappa shape index (κ1) is 15.6. The highest BCUT2D eigenvalue weighted by Gasteiger charge is 2.15. The molecule has 0 N–H and O–H groups in total. The Balaban J connectivity index is 2.37. The van der Waals surface area contributed by atoms with E-state index in [0.717, 1.165) is 21.8 Å². The van der Waals surface area contributed by atoms with Gasteiger partial charge in [-0.2, -0.15) is 4.73 Å². The zero-order chi connectivity index (χ0) is 16.7. The van der Waals surface area contributed by atoms with Gasteiger partial charge in [-0.25, -0.2) is 4.79 Å². The van der Waals surface area contributed by atoms with Gasteiger partial charge in [0, 0.05) is 17.7 Å². The maximum Gasteiger partial charge on any atom is 0.329 e. The quantitative estimate of drug-likeness (QED) is 0.680. The predicted octanol–water partition coefficient (Wildman–Crippen LogP) is 5.02. The second-order valence-electron chi connectivity index (χ2n) is 6.74. The van der Waals surface area contributed by atoms with Gasteiger partial charge in [-0.05, 0) is 35.1 Å². The molecule has 2 aromatic carbocycles. The van der Waals surface area contributed by atoms with E-state index in [4.69, 9.17) is 4.84 Å². The van der Waals surface area contributed by atoms with Crippen LogP contribution < -0.4 is 4.84 Å². The van der Waals surface area contributed by atoms with Crippen LogP contribution in [0.5, 0.6) is 0 Å². The van der Waals surface area contributed by atoms with Crippen molar-refractivity contribution in [2.45, 2.75) is 46.5 Å². The normalized spacial score (nSPS) is 11.8. The average Bonchev–Trinajstić information content (AvgIpc) is 2.79. The van der Waals surface area contributed by atoms with Crippen LogP contribution in [0.2, 0.25) is 0 Å². The van der Waals surface area contributed by atoms with Crippen molar-refractivity contribution in [3.8, 4) is 0 Å². The molecule has 3 rings (SSSR count). The molecule has 0 bridgehead atoms. The fourth-order valence-electron chi connectivity index (χ4n) is 2.96. The molecule has 1 heterocycles. The third-order valence-corrected chi connectivity index (χ3v) is 4.32. The number of nitrogens with zero attached hydrogens (tertiary/aromatic N) is 1. The largest absolute Gasteiger partial charge is 0.336 e. The summed E-state index contributed by atoms with van der Waals surface area (Å²) in [6, 6.07) is 12.8. The first-order chi connectivity index (χ1) is 10.9. The summed E-state index contributed by atoms with van der Waals surface area (Å²) in [7, 11) is 0. The molecule has 3 heteroatoms. The van der Waals surface area contributed by atoms with E-state index in [1.807, 2.05) is 0 Å². The van der Waals surface area contributed by atoms with Crippen LogP contribution in [0.4, 0.5) is 0 Å². The zero-order valence-corrected chi connectivity index (χ0v) is 14.4. The van der Waals surface area contributed by atoms with Gasteiger partial charge >= 0.3 is 5.97 Å². The Morgan fingerprint density at radius 2 is 1.30 bits per heavy atom. The van der Waals surface area contributed by atoms with Crippen LogP contribution in [-0.4, -0.2) is 10.7 Å². The van der Waals surface area contributed by atoms with E-state index >= 15 is 0 Å². The maximum atomic E-state index is 11.6. The topological polar surface area (TPSA) is 31.2 Å². The Morgan fingerprint density at radius 1 is 0.870 bits per heavy atom. The van der Waals surface area contributed by atoms with E-state index in [-0.39, 0.29) is 5.97 Å². The molecular weight excluding hydrogens is 286 g/mol. The summed E-state index contributed by atoms with van der Waals surface area (Å²) in [4.78, 5) is 17.1. The van der Waals surface area contributed by atoms with Crippen LogP contribution in [-0.2, 0) is 4.79 Å². The highest BCUT2D eigenvalue weighted by Crippen LogP contribution is 2.32. The molecule has 0 aliphatic rings. The molecule has 0 spiro atoms. The molecular formula is C20H23NO2. The number of carbonyl (C=O) groups is 1. The van der Waals surface area contributed by atoms with Gasteiger partial charge in [-0.1, -0.05) is 52.0 Å². The van der Waals surface area contributed by atoms with Crippen molar-refractivity contribution < 1.29 is 9.63 Å². The van der Waals surface area contributed by atoms with Gasteiger partial charge in [-0.3, -0.25) is 0 Å². The van der Waals surface area contributed by atoms with E-state index in [1.54, 1.807) is 4.73 Å². The van der Waals surface area contributed by atoms with Crippen LogP contribution in [0.25, 0.3) is 21.8 Å². The lowest BCUT2D eigenvalue weighted by Gasteiger charge is -2.09. The van der Waals surface area contributed by atoms with Crippen molar-refractivity contribution in [1.82, 2.24) is 4.73 Å². The van der Waals surface area contributed by atoms with Gasteiger partial charge in [0.25, 0.3) is 0 Å². The van der Waals surface area contributed by atoms with Gasteiger partial charge in [0.2, 0.25) is 0 Å². The van der Waals surface area contributed by atoms with Gasteiger partial charge in [-0.15, -0.1) is 0 Å². The van der Waals surface area contributed by atoms with Crippen LogP contribution in [0, 0.1) is 0 Å². The third kappa shape index (κ3) is 2.72. The van der Waals surface area contributed by atoms with Crippen molar-refractivity contribution in [2.24, 2.45) is 0 Å². The maximum absolute atomic E-state index is 11.6. The number of fused-ring (bicyclic) bond motifs is 3. The number of carbonyl (C=O) groups excluding carboxylic acids is 1. The summed E-state index contributed by atoms with van der Waals surface area (Å²) in [6.07, 6.45) is 0. The van der Waals surface area contributed by atoms with Gasteiger partial charge in [0.1, 0.15) is 0 Å². The molecule has 3 aromatic rings. The van der Waals surface area contributed by atoms with Crippen molar-refractivity contribution in [3.63, 3.8) is 0 Å². The number of hydrogen-bond acceptors (Lipinski definition) is 2. The minimum Gasteiger partial charge on any atom is -0.336 e. The summed E-state index contributed by atoms with van der Waals surface area (Å²) < 4.78 is 1.69. The van der Waals surface area contributed by atoms with Crippen LogP contribution >= 0.6 is 0 Å². The second kappa shape index (κ2) is 5.73. The predicted molar refractivity (Wildman–Crippen MR) is 94.9 cm³/mol. The zero-order valence-electron chi connectivity index (χ0n) is 14.4. The Labute approximate surface area is 136 Å². The minimum atomic E-state index is -0.311. The molecule has 1 aromatic heterocycles. The fourth-order valence-corrected chi connectivity index (χ4v) is 2.96. The lowest BCUT2D eigenvalue weighted by molar-refractivity contribution is -0.140. The lowest BCUT2D eigenvalue weighted by atomic mass is 10.00. The Morgan fingerprint density at radius 3 is 1.65 bits per heavy atom. The first-order valence-corrected chi connectivity index (χ1v) is 8.15. The smallest absolute Gasteiger partial charge is 0.329 e. The van der Waals surface area contributed by atoms with Gasteiger partial charge < -0.3 is 4.84 Å².